The molecular weight excluding hydrogens is 289 g/mol. The highest BCUT2D eigenvalue weighted by Gasteiger charge is 2.32. The quantitative estimate of drug-likeness (QED) is 0.933. The minimum absolute atomic E-state index is 0.195. The summed E-state index contributed by atoms with van der Waals surface area (Å²) in [5.74, 6) is -2.10. The van der Waals surface area contributed by atoms with Crippen LogP contribution in [0.25, 0.3) is 5.69 Å². The highest BCUT2D eigenvalue weighted by Crippen LogP contribution is 2.19. The third kappa shape index (κ3) is 2.69. The van der Waals surface area contributed by atoms with Crippen LogP contribution < -0.4 is 0 Å². The van der Waals surface area contributed by atoms with Crippen LogP contribution in [0.5, 0.6) is 0 Å². The van der Waals surface area contributed by atoms with Crippen LogP contribution in [0.3, 0.4) is 0 Å². The van der Waals surface area contributed by atoms with Gasteiger partial charge in [-0.3, -0.25) is 9.59 Å². The molecule has 0 radical (unpaired) electrons. The highest BCUT2D eigenvalue weighted by molar-refractivity contribution is 5.93. The van der Waals surface area contributed by atoms with Gasteiger partial charge in [-0.1, -0.05) is 6.07 Å². The average Bonchev–Trinajstić information content (AvgIpc) is 3.16. The van der Waals surface area contributed by atoms with E-state index in [2.05, 4.69) is 5.10 Å². The Morgan fingerprint density at radius 2 is 2.14 bits per heavy atom. The maximum absolute atomic E-state index is 13.2. The van der Waals surface area contributed by atoms with E-state index in [0.717, 1.165) is 0 Å². The number of halogens is 1. The number of amides is 1. The summed E-state index contributed by atoms with van der Waals surface area (Å²) in [7, 11) is 0. The van der Waals surface area contributed by atoms with E-state index >= 15 is 0 Å². The first kappa shape index (κ1) is 14.2. The third-order valence-corrected chi connectivity index (χ3v) is 3.71. The lowest BCUT2D eigenvalue weighted by molar-refractivity contribution is -0.141. The summed E-state index contributed by atoms with van der Waals surface area (Å²) in [6.07, 6.45) is 2.03. The number of benzene rings is 1. The fourth-order valence-electron chi connectivity index (χ4n) is 2.51. The Morgan fingerprint density at radius 3 is 2.82 bits per heavy atom. The first-order valence-electron chi connectivity index (χ1n) is 6.88. The van der Waals surface area contributed by atoms with E-state index in [-0.39, 0.29) is 24.0 Å². The summed E-state index contributed by atoms with van der Waals surface area (Å²) >= 11 is 0. The fourth-order valence-corrected chi connectivity index (χ4v) is 2.51. The summed E-state index contributed by atoms with van der Waals surface area (Å²) < 4.78 is 14.6. The minimum atomic E-state index is -0.888. The van der Waals surface area contributed by atoms with Crippen LogP contribution in [0.2, 0.25) is 0 Å². The van der Waals surface area contributed by atoms with Gasteiger partial charge in [-0.05, 0) is 30.7 Å². The van der Waals surface area contributed by atoms with Gasteiger partial charge >= 0.3 is 5.97 Å². The predicted molar refractivity (Wildman–Crippen MR) is 75.2 cm³/mol. The van der Waals surface area contributed by atoms with E-state index in [1.165, 1.54) is 21.7 Å². The molecule has 1 aromatic carbocycles. The number of hydrogen-bond donors (Lipinski definition) is 1. The summed E-state index contributed by atoms with van der Waals surface area (Å²) in [6, 6.07) is 7.43. The Kier molecular flexibility index (Phi) is 3.62. The molecule has 6 nitrogen and oxygen atoms in total. The number of carboxylic acid groups (broad SMARTS) is 1. The summed E-state index contributed by atoms with van der Waals surface area (Å²) in [5.41, 5.74) is 0.735. The number of aliphatic carboxylic acids is 1. The zero-order chi connectivity index (χ0) is 15.7. The number of aromatic nitrogens is 2. The normalized spacial score (nSPS) is 17.7. The van der Waals surface area contributed by atoms with Gasteiger partial charge in [-0.25, -0.2) is 9.07 Å². The van der Waals surface area contributed by atoms with E-state index in [1.807, 2.05) is 0 Å². The molecule has 0 saturated carbocycles. The first-order chi connectivity index (χ1) is 10.5. The average molecular weight is 303 g/mol. The van der Waals surface area contributed by atoms with Gasteiger partial charge in [0.2, 0.25) is 0 Å². The molecule has 1 fully saturated rings. The number of nitrogens with zero attached hydrogens (tertiary/aromatic N) is 3. The molecule has 1 N–H and O–H groups in total. The van der Waals surface area contributed by atoms with Crippen molar-refractivity contribution in [1.29, 1.82) is 0 Å². The fraction of sp³-hybridized carbons (Fsp3) is 0.267. The first-order valence-corrected chi connectivity index (χ1v) is 6.88. The molecule has 1 aromatic heterocycles. The van der Waals surface area contributed by atoms with Crippen LogP contribution >= 0.6 is 0 Å². The number of likely N-dealkylation sites (tertiary alicyclic amines) is 1. The van der Waals surface area contributed by atoms with Crippen molar-refractivity contribution < 1.29 is 19.1 Å². The monoisotopic (exact) mass is 303 g/mol. The van der Waals surface area contributed by atoms with E-state index in [9.17, 15) is 14.0 Å². The highest BCUT2D eigenvalue weighted by atomic mass is 19.1. The molecule has 114 valence electrons. The van der Waals surface area contributed by atoms with Crippen molar-refractivity contribution in [3.63, 3.8) is 0 Å². The molecule has 0 unspecified atom stereocenters. The second-order valence-electron chi connectivity index (χ2n) is 5.20. The lowest BCUT2D eigenvalue weighted by Gasteiger charge is -2.13. The van der Waals surface area contributed by atoms with Crippen molar-refractivity contribution in [3.05, 3.63) is 48.0 Å². The Bertz CT molecular complexity index is 728. The van der Waals surface area contributed by atoms with Gasteiger partial charge in [0.15, 0.2) is 5.69 Å². The smallest absolute Gasteiger partial charge is 0.308 e. The maximum atomic E-state index is 13.2. The largest absolute Gasteiger partial charge is 0.481 e. The summed E-state index contributed by atoms with van der Waals surface area (Å²) in [4.78, 5) is 24.7. The van der Waals surface area contributed by atoms with E-state index in [0.29, 0.717) is 18.7 Å². The van der Waals surface area contributed by atoms with Crippen molar-refractivity contribution in [1.82, 2.24) is 14.7 Å². The summed E-state index contributed by atoms with van der Waals surface area (Å²) in [5, 5.41) is 13.1. The van der Waals surface area contributed by atoms with Crippen LogP contribution in [0.15, 0.2) is 36.5 Å². The van der Waals surface area contributed by atoms with Gasteiger partial charge in [0, 0.05) is 19.3 Å². The number of carboxylic acids is 1. The van der Waals surface area contributed by atoms with Crippen molar-refractivity contribution in [2.45, 2.75) is 6.42 Å². The minimum Gasteiger partial charge on any atom is -0.481 e. The predicted octanol–water partition coefficient (Wildman–Crippen LogP) is 1.56. The molecule has 1 amide bonds. The Hall–Kier alpha value is -2.70. The lowest BCUT2D eigenvalue weighted by atomic mass is 10.1. The van der Waals surface area contributed by atoms with Gasteiger partial charge in [0.25, 0.3) is 5.91 Å². The van der Waals surface area contributed by atoms with E-state index < -0.39 is 11.9 Å². The molecule has 1 saturated heterocycles. The molecule has 2 heterocycles. The number of carbonyl (C=O) groups excluding carboxylic acids is 1. The number of hydrogen-bond acceptors (Lipinski definition) is 3. The van der Waals surface area contributed by atoms with Crippen molar-refractivity contribution in [2.24, 2.45) is 5.92 Å². The van der Waals surface area contributed by atoms with Gasteiger partial charge in [-0.15, -0.1) is 0 Å². The number of rotatable bonds is 3. The third-order valence-electron chi connectivity index (χ3n) is 3.71. The molecule has 1 aliphatic rings. The topological polar surface area (TPSA) is 75.4 Å². The van der Waals surface area contributed by atoms with Crippen molar-refractivity contribution in [3.8, 4) is 5.69 Å². The molecule has 1 atom stereocenters. The molecule has 7 heteroatoms. The van der Waals surface area contributed by atoms with Crippen LogP contribution in [0.1, 0.15) is 16.9 Å². The molecule has 22 heavy (non-hydrogen) atoms. The maximum Gasteiger partial charge on any atom is 0.308 e. The van der Waals surface area contributed by atoms with Gasteiger partial charge < -0.3 is 10.0 Å². The Labute approximate surface area is 125 Å². The Morgan fingerprint density at radius 1 is 1.32 bits per heavy atom. The van der Waals surface area contributed by atoms with Crippen LogP contribution in [0.4, 0.5) is 4.39 Å². The van der Waals surface area contributed by atoms with Crippen molar-refractivity contribution >= 4 is 11.9 Å². The van der Waals surface area contributed by atoms with Gasteiger partial charge in [0.05, 0.1) is 11.6 Å². The number of carbonyl (C=O) groups is 2. The molecule has 0 spiro atoms. The second kappa shape index (κ2) is 5.59. The zero-order valence-corrected chi connectivity index (χ0v) is 11.6. The molecule has 0 bridgehead atoms. The van der Waals surface area contributed by atoms with Gasteiger partial charge in [0.1, 0.15) is 5.82 Å². The zero-order valence-electron chi connectivity index (χ0n) is 11.6. The van der Waals surface area contributed by atoms with Crippen LogP contribution in [0, 0.1) is 11.7 Å². The standard InChI is InChI=1S/C15H14FN3O3/c16-11-2-1-3-12(8-11)19-7-5-13(17-19)14(20)18-6-4-10(9-18)15(21)22/h1-3,5,7-8,10H,4,6,9H2,(H,21,22)/t10-/m0/s1. The van der Waals surface area contributed by atoms with E-state index in [4.69, 9.17) is 5.11 Å². The van der Waals surface area contributed by atoms with Crippen molar-refractivity contribution in [2.75, 3.05) is 13.1 Å². The lowest BCUT2D eigenvalue weighted by Crippen LogP contribution is -2.30. The second-order valence-corrected chi connectivity index (χ2v) is 5.20. The molecule has 2 aromatic rings. The molecule has 0 aliphatic carbocycles. The van der Waals surface area contributed by atoms with Gasteiger partial charge in [-0.2, -0.15) is 5.10 Å². The Balaban J connectivity index is 1.77. The molecular formula is C15H14FN3O3. The van der Waals surface area contributed by atoms with Crippen LogP contribution in [-0.4, -0.2) is 44.8 Å². The SMILES string of the molecule is O=C(O)[C@H]1CCN(C(=O)c2ccn(-c3cccc(F)c3)n2)C1. The van der Waals surface area contributed by atoms with Crippen LogP contribution in [-0.2, 0) is 4.79 Å². The molecule has 1 aliphatic heterocycles. The van der Waals surface area contributed by atoms with E-state index in [1.54, 1.807) is 24.4 Å². The molecule has 3 rings (SSSR count). The summed E-state index contributed by atoms with van der Waals surface area (Å²) in [6.45, 7) is 0.601.